The van der Waals surface area contributed by atoms with E-state index in [4.69, 9.17) is 15.3 Å². The van der Waals surface area contributed by atoms with Crippen molar-refractivity contribution in [3.63, 3.8) is 0 Å². The first kappa shape index (κ1) is 14.5. The van der Waals surface area contributed by atoms with Gasteiger partial charge in [-0.2, -0.15) is 0 Å². The van der Waals surface area contributed by atoms with Gasteiger partial charge in [-0.1, -0.05) is 0 Å². The number of hydrogen-bond acceptors (Lipinski definition) is 6. The highest BCUT2D eigenvalue weighted by molar-refractivity contribution is 5.55. The molecule has 7 heteroatoms. The van der Waals surface area contributed by atoms with Crippen LogP contribution in [0.4, 0.5) is 11.4 Å². The SMILES string of the molecule is CC1CC(Oc2cc(NN)cc([N+](=O)[O-])c2)CC(C)O1. The van der Waals surface area contributed by atoms with Crippen molar-refractivity contribution in [1.82, 2.24) is 0 Å². The summed E-state index contributed by atoms with van der Waals surface area (Å²) in [5.41, 5.74) is 2.80. The van der Waals surface area contributed by atoms with Gasteiger partial charge in [-0.25, -0.2) is 0 Å². The Kier molecular flexibility index (Phi) is 4.41. The van der Waals surface area contributed by atoms with Crippen molar-refractivity contribution in [3.05, 3.63) is 28.3 Å². The van der Waals surface area contributed by atoms with E-state index in [1.165, 1.54) is 12.1 Å². The maximum atomic E-state index is 10.9. The summed E-state index contributed by atoms with van der Waals surface area (Å²) in [4.78, 5) is 10.4. The number of nitrogens with zero attached hydrogens (tertiary/aromatic N) is 1. The number of hydrazine groups is 1. The molecule has 7 nitrogen and oxygen atoms in total. The average Bonchev–Trinajstić information content (AvgIpc) is 2.36. The summed E-state index contributed by atoms with van der Waals surface area (Å²) in [6.45, 7) is 3.98. The minimum atomic E-state index is -0.469. The summed E-state index contributed by atoms with van der Waals surface area (Å²) >= 11 is 0. The summed E-state index contributed by atoms with van der Waals surface area (Å²) in [6, 6.07) is 4.42. The van der Waals surface area contributed by atoms with E-state index in [1.54, 1.807) is 6.07 Å². The molecule has 0 radical (unpaired) electrons. The lowest BCUT2D eigenvalue weighted by Gasteiger charge is -2.32. The molecule has 0 bridgehead atoms. The van der Waals surface area contributed by atoms with Crippen LogP contribution in [-0.2, 0) is 4.74 Å². The topological polar surface area (TPSA) is 99.7 Å². The number of nitrogen functional groups attached to an aromatic ring is 1. The third kappa shape index (κ3) is 3.58. The fourth-order valence-corrected chi connectivity index (χ4v) is 2.47. The predicted octanol–water partition coefficient (Wildman–Crippen LogP) is 2.22. The highest BCUT2D eigenvalue weighted by Crippen LogP contribution is 2.29. The van der Waals surface area contributed by atoms with Crippen molar-refractivity contribution in [2.24, 2.45) is 5.84 Å². The van der Waals surface area contributed by atoms with Gasteiger partial charge in [0.1, 0.15) is 11.9 Å². The number of hydrogen-bond donors (Lipinski definition) is 2. The molecule has 1 aliphatic heterocycles. The van der Waals surface area contributed by atoms with Crippen molar-refractivity contribution in [2.75, 3.05) is 5.43 Å². The van der Waals surface area contributed by atoms with E-state index in [0.29, 0.717) is 11.4 Å². The molecular formula is C13H19N3O4. The molecule has 2 unspecified atom stereocenters. The van der Waals surface area contributed by atoms with Crippen LogP contribution in [0.3, 0.4) is 0 Å². The van der Waals surface area contributed by atoms with E-state index in [0.717, 1.165) is 12.8 Å². The summed E-state index contributed by atoms with van der Waals surface area (Å²) in [7, 11) is 0. The minimum Gasteiger partial charge on any atom is -0.490 e. The van der Waals surface area contributed by atoms with E-state index in [9.17, 15) is 10.1 Å². The third-order valence-corrected chi connectivity index (χ3v) is 3.23. The highest BCUT2D eigenvalue weighted by atomic mass is 16.6. The molecule has 2 rings (SSSR count). The Morgan fingerprint density at radius 1 is 1.35 bits per heavy atom. The predicted molar refractivity (Wildman–Crippen MR) is 74.6 cm³/mol. The van der Waals surface area contributed by atoms with Crippen molar-refractivity contribution in [3.8, 4) is 5.75 Å². The largest absolute Gasteiger partial charge is 0.490 e. The zero-order valence-corrected chi connectivity index (χ0v) is 11.5. The van der Waals surface area contributed by atoms with Gasteiger partial charge < -0.3 is 14.9 Å². The lowest BCUT2D eigenvalue weighted by atomic mass is 10.0. The maximum absolute atomic E-state index is 10.9. The average molecular weight is 281 g/mol. The van der Waals surface area contributed by atoms with Gasteiger partial charge in [-0.05, 0) is 13.8 Å². The Morgan fingerprint density at radius 3 is 2.55 bits per heavy atom. The second-order valence-electron chi connectivity index (χ2n) is 5.09. The van der Waals surface area contributed by atoms with Crippen LogP contribution in [0.5, 0.6) is 5.75 Å². The molecule has 20 heavy (non-hydrogen) atoms. The second-order valence-corrected chi connectivity index (χ2v) is 5.09. The van der Waals surface area contributed by atoms with Gasteiger partial charge in [0.2, 0.25) is 0 Å². The van der Waals surface area contributed by atoms with Crippen LogP contribution >= 0.6 is 0 Å². The molecule has 110 valence electrons. The number of benzene rings is 1. The molecule has 3 N–H and O–H groups in total. The van der Waals surface area contributed by atoms with Gasteiger partial charge in [-0.3, -0.25) is 16.0 Å². The van der Waals surface area contributed by atoms with Crippen LogP contribution in [0, 0.1) is 10.1 Å². The Morgan fingerprint density at radius 2 is 2.00 bits per heavy atom. The molecule has 0 spiro atoms. The van der Waals surface area contributed by atoms with Gasteiger partial charge in [0.15, 0.2) is 0 Å². The number of ether oxygens (including phenoxy) is 2. The molecule has 1 aliphatic rings. The summed E-state index contributed by atoms with van der Waals surface area (Å²) in [6.07, 6.45) is 1.75. The summed E-state index contributed by atoms with van der Waals surface area (Å²) in [5.74, 6) is 5.76. The van der Waals surface area contributed by atoms with E-state index >= 15 is 0 Å². The normalized spacial score (nSPS) is 26.1. The highest BCUT2D eigenvalue weighted by Gasteiger charge is 2.26. The Bertz CT molecular complexity index is 485. The monoisotopic (exact) mass is 281 g/mol. The zero-order valence-electron chi connectivity index (χ0n) is 11.5. The summed E-state index contributed by atoms with van der Waals surface area (Å²) in [5, 5.41) is 10.9. The lowest BCUT2D eigenvalue weighted by Crippen LogP contribution is -2.35. The first-order chi connectivity index (χ1) is 9.47. The molecule has 0 amide bonds. The van der Waals surface area contributed by atoms with Gasteiger partial charge in [0.05, 0.1) is 28.9 Å². The quantitative estimate of drug-likeness (QED) is 0.498. The molecular weight excluding hydrogens is 262 g/mol. The molecule has 0 saturated carbocycles. The van der Waals surface area contributed by atoms with E-state index in [1.807, 2.05) is 13.8 Å². The fraction of sp³-hybridized carbons (Fsp3) is 0.538. The van der Waals surface area contributed by atoms with Gasteiger partial charge in [0, 0.05) is 25.0 Å². The van der Waals surface area contributed by atoms with Crippen LogP contribution in [0.25, 0.3) is 0 Å². The van der Waals surface area contributed by atoms with Crippen LogP contribution in [0.1, 0.15) is 26.7 Å². The molecule has 0 aliphatic carbocycles. The van der Waals surface area contributed by atoms with Crippen LogP contribution in [0.15, 0.2) is 18.2 Å². The number of nitro benzene ring substituents is 1. The van der Waals surface area contributed by atoms with Gasteiger partial charge in [0.25, 0.3) is 5.69 Å². The maximum Gasteiger partial charge on any atom is 0.275 e. The number of nitrogens with two attached hydrogens (primary N) is 1. The molecule has 1 heterocycles. The smallest absolute Gasteiger partial charge is 0.275 e. The first-order valence-corrected chi connectivity index (χ1v) is 6.56. The Labute approximate surface area is 117 Å². The minimum absolute atomic E-state index is 0.0126. The zero-order chi connectivity index (χ0) is 14.7. The van der Waals surface area contributed by atoms with Gasteiger partial charge >= 0.3 is 0 Å². The number of nitro groups is 1. The molecule has 2 atom stereocenters. The molecule has 1 fully saturated rings. The third-order valence-electron chi connectivity index (χ3n) is 3.23. The second kappa shape index (κ2) is 6.06. The van der Waals surface area contributed by atoms with E-state index in [-0.39, 0.29) is 24.0 Å². The van der Waals surface area contributed by atoms with Crippen molar-refractivity contribution in [1.29, 1.82) is 0 Å². The number of anilines is 1. The van der Waals surface area contributed by atoms with Crippen LogP contribution < -0.4 is 16.0 Å². The number of rotatable bonds is 4. The van der Waals surface area contributed by atoms with Crippen LogP contribution in [0.2, 0.25) is 0 Å². The molecule has 1 aromatic carbocycles. The first-order valence-electron chi connectivity index (χ1n) is 6.56. The van der Waals surface area contributed by atoms with Crippen molar-refractivity contribution < 1.29 is 14.4 Å². The van der Waals surface area contributed by atoms with Crippen LogP contribution in [-0.4, -0.2) is 23.2 Å². The Balaban J connectivity index is 2.15. The molecule has 1 saturated heterocycles. The lowest BCUT2D eigenvalue weighted by molar-refractivity contribution is -0.384. The standard InChI is InChI=1S/C13H19N3O4/c1-8-3-12(4-9(2)19-8)20-13-6-10(15-14)5-11(7-13)16(17)18/h5-9,12,15H,3-4,14H2,1-2H3. The van der Waals surface area contributed by atoms with E-state index < -0.39 is 4.92 Å². The Hall–Kier alpha value is -1.86. The van der Waals surface area contributed by atoms with Gasteiger partial charge in [-0.15, -0.1) is 0 Å². The molecule has 0 aromatic heterocycles. The van der Waals surface area contributed by atoms with Crippen molar-refractivity contribution in [2.45, 2.75) is 45.0 Å². The fourth-order valence-electron chi connectivity index (χ4n) is 2.47. The number of nitrogens with one attached hydrogen (secondary N) is 1. The number of non-ortho nitro benzene ring substituents is 1. The van der Waals surface area contributed by atoms with E-state index in [2.05, 4.69) is 5.43 Å². The molecule has 1 aromatic rings. The van der Waals surface area contributed by atoms with Crippen molar-refractivity contribution >= 4 is 11.4 Å². The summed E-state index contributed by atoms with van der Waals surface area (Å²) < 4.78 is 11.5.